The van der Waals surface area contributed by atoms with Crippen molar-refractivity contribution in [3.8, 4) is 0 Å². The molecule has 0 unspecified atom stereocenters. The van der Waals surface area contributed by atoms with E-state index in [2.05, 4.69) is 0 Å². The predicted molar refractivity (Wildman–Crippen MR) is 82.2 cm³/mol. The smallest absolute Gasteiger partial charge is 0.215 e. The zero-order valence-corrected chi connectivity index (χ0v) is 11.6. The molecule has 0 aliphatic heterocycles. The second-order valence-electron chi connectivity index (χ2n) is 3.86. The fraction of sp³-hybridized carbons (Fsp3) is 0.429. The summed E-state index contributed by atoms with van der Waals surface area (Å²) in [5.41, 5.74) is -6.06. The molecule has 1 heterocycles. The third-order valence-electron chi connectivity index (χ3n) is 2.29. The Bertz CT molecular complexity index is 1200. The van der Waals surface area contributed by atoms with E-state index in [1.54, 1.807) is 0 Å². The first kappa shape index (κ1) is 5.44. The molecular formula is C14H21N3O2S. The quantitative estimate of drug-likeness (QED) is 0.846. The summed E-state index contributed by atoms with van der Waals surface area (Å²) in [5.74, 6) is 0. The highest BCUT2D eigenvalue weighted by Gasteiger charge is 2.11. The van der Waals surface area contributed by atoms with Gasteiger partial charge in [0.05, 0.1) is 11.2 Å². The molecule has 0 saturated heterocycles. The summed E-state index contributed by atoms with van der Waals surface area (Å²) in [5, 5.41) is -0.665. The molecule has 20 heavy (non-hydrogen) atoms. The van der Waals surface area contributed by atoms with E-state index in [4.69, 9.17) is 17.9 Å². The number of rotatable bonds is 6. The monoisotopic (exact) mass is 308 g/mol. The van der Waals surface area contributed by atoms with Crippen LogP contribution in [0.25, 0.3) is 10.9 Å². The number of benzene rings is 1. The molecule has 0 aliphatic rings. The Kier molecular flexibility index (Phi) is 1.62. The summed E-state index contributed by atoms with van der Waals surface area (Å²) in [7, 11) is -3.33. The van der Waals surface area contributed by atoms with E-state index in [1.807, 2.05) is 0 Å². The van der Waals surface area contributed by atoms with E-state index in [9.17, 15) is 8.42 Å². The van der Waals surface area contributed by atoms with Crippen LogP contribution in [-0.2, 0) is 22.1 Å². The first-order valence-corrected chi connectivity index (χ1v) is 6.90. The first-order chi connectivity index (χ1) is 14.6. The predicted octanol–water partition coefficient (Wildman–Crippen LogP) is 1.32. The van der Waals surface area contributed by atoms with Crippen LogP contribution in [0.1, 0.15) is 26.2 Å². The molecule has 0 atom stereocenters. The van der Waals surface area contributed by atoms with E-state index < -0.39 is 82.0 Å². The number of H-pyrrole nitrogens is 1. The average Bonchev–Trinajstić information content (AvgIpc) is 2.90. The Morgan fingerprint density at radius 1 is 1.65 bits per heavy atom. The van der Waals surface area contributed by atoms with Crippen molar-refractivity contribution in [2.45, 2.75) is 12.1 Å². The van der Waals surface area contributed by atoms with Gasteiger partial charge in [0.1, 0.15) is 1.41 Å². The maximum Gasteiger partial charge on any atom is 0.215 e. The Morgan fingerprint density at radius 2 is 2.45 bits per heavy atom. The van der Waals surface area contributed by atoms with Crippen molar-refractivity contribution >= 4 is 20.9 Å². The van der Waals surface area contributed by atoms with Crippen molar-refractivity contribution < 1.29 is 26.3 Å². The topological polar surface area (TPSA) is 65.2 Å². The molecule has 2 aromatic rings. The molecule has 0 amide bonds. The Balaban J connectivity index is 3.03. The van der Waals surface area contributed by atoms with Crippen LogP contribution in [-0.4, -0.2) is 45.9 Å². The lowest BCUT2D eigenvalue weighted by Gasteiger charge is -2.08. The minimum atomic E-state index is -5.12. The molecule has 0 spiro atoms. The van der Waals surface area contributed by atoms with Crippen LogP contribution in [0.3, 0.4) is 0 Å². The van der Waals surface area contributed by atoms with E-state index >= 15 is 0 Å². The normalized spacial score (nSPS) is 24.1. The van der Waals surface area contributed by atoms with Crippen molar-refractivity contribution in [2.24, 2.45) is 0 Å². The van der Waals surface area contributed by atoms with E-state index in [1.165, 1.54) is 0 Å². The van der Waals surface area contributed by atoms with Crippen molar-refractivity contribution in [2.75, 3.05) is 27.6 Å². The van der Waals surface area contributed by atoms with E-state index in [0.29, 0.717) is 11.9 Å². The Labute approximate surface area is 138 Å². The molecule has 2 rings (SSSR count). The highest BCUT2D eigenvalue weighted by atomic mass is 32.2. The van der Waals surface area contributed by atoms with Crippen LogP contribution in [0, 0.1) is 0 Å². The largest absolute Gasteiger partial charge is 0.361 e. The van der Waals surface area contributed by atoms with E-state index in [-0.39, 0.29) is 9.69 Å². The van der Waals surface area contributed by atoms with Crippen molar-refractivity contribution in [3.63, 3.8) is 0 Å². The van der Waals surface area contributed by atoms with Crippen LogP contribution in [0.2, 0.25) is 2.82 Å². The van der Waals surface area contributed by atoms with Crippen LogP contribution >= 0.6 is 0 Å². The maximum absolute atomic E-state index is 12.4. The van der Waals surface area contributed by atoms with Gasteiger partial charge in [-0.1, -0.05) is 6.04 Å². The van der Waals surface area contributed by atoms with Gasteiger partial charge < -0.3 is 9.88 Å². The molecular weight excluding hydrogens is 274 g/mol. The van der Waals surface area contributed by atoms with Gasteiger partial charge >= 0.3 is 0 Å². The second-order valence-corrected chi connectivity index (χ2v) is 5.38. The molecule has 1 aromatic carbocycles. The minimum Gasteiger partial charge on any atom is -0.361 e. The lowest BCUT2D eigenvalue weighted by atomic mass is 10.1. The Hall–Kier alpha value is -1.37. The van der Waals surface area contributed by atoms with Crippen molar-refractivity contribution in [1.29, 1.82) is 0 Å². The lowest BCUT2D eigenvalue weighted by Crippen LogP contribution is -2.20. The SMILES string of the molecule is [2H]c1c(C([2H])([2H])S(=O)(=O)N([2H])C)c([2H])c2c(C([2H])([2H])CN(C)C([2H])([2H])[2H])c([2H])n([2H])c2c1[2H]. The van der Waals surface area contributed by atoms with E-state index in [0.717, 1.165) is 7.05 Å². The molecule has 110 valence electrons. The van der Waals surface area contributed by atoms with Gasteiger partial charge in [-0.2, -0.15) is 0 Å². The zero-order valence-electron chi connectivity index (χ0n) is 23.8. The standard InChI is InChI=1S/C14H21N3O2S/c1-15-20(18,19)10-11-4-5-14-13(8-11)12(9-16-14)6-7-17(2)3/h4-5,8-9,15-16H,6-7,10H2,1-3H3/i2D3,4D,5D,6D2,8D,9D,10D2/hD2. The summed E-state index contributed by atoms with van der Waals surface area (Å²) in [6.45, 7) is -3.58. The molecule has 6 heteroatoms. The number of hydrogen-bond acceptors (Lipinski definition) is 3. The summed E-state index contributed by atoms with van der Waals surface area (Å²) in [4.78, 5) is 0.893. The van der Waals surface area contributed by atoms with Gasteiger partial charge in [0.25, 0.3) is 0 Å². The molecule has 5 nitrogen and oxygen atoms in total. The fourth-order valence-electron chi connectivity index (χ4n) is 1.38. The third-order valence-corrected chi connectivity index (χ3v) is 3.23. The van der Waals surface area contributed by atoms with Crippen LogP contribution in [0.5, 0.6) is 0 Å². The number of nitrogens with one attached hydrogen (secondary N) is 2. The maximum atomic E-state index is 12.4. The minimum absolute atomic E-state index is 0.212. The number of sulfonamides is 1. The van der Waals surface area contributed by atoms with Gasteiger partial charge in [0, 0.05) is 33.2 Å². The number of fused-ring (bicyclic) bond motifs is 1. The second kappa shape index (κ2) is 5.95. The molecule has 0 radical (unpaired) electrons. The van der Waals surface area contributed by atoms with Gasteiger partial charge in [-0.3, -0.25) is 0 Å². The molecule has 2 N–H and O–H groups in total. The number of likely N-dealkylation sites (N-methyl/N-ethyl adjacent to an activating group) is 1. The third kappa shape index (κ3) is 3.59. The zero-order chi connectivity index (χ0) is 26.1. The summed E-state index contributed by atoms with van der Waals surface area (Å²) in [6.07, 6.45) is -3.60. The van der Waals surface area contributed by atoms with Gasteiger partial charge in [-0.05, 0) is 50.7 Å². The van der Waals surface area contributed by atoms with Gasteiger partial charge in [0.2, 0.25) is 10.0 Å². The van der Waals surface area contributed by atoms with Crippen molar-refractivity contribution in [1.82, 2.24) is 14.6 Å². The van der Waals surface area contributed by atoms with Crippen LogP contribution in [0.4, 0.5) is 0 Å². The Morgan fingerprint density at radius 3 is 3.15 bits per heavy atom. The molecule has 0 fully saturated rings. The first-order valence-electron chi connectivity index (χ1n) is 11.8. The molecule has 0 aliphatic carbocycles. The number of hydrogen-bond donors (Lipinski definition) is 2. The van der Waals surface area contributed by atoms with Gasteiger partial charge in [-0.25, -0.2) is 13.1 Å². The summed E-state index contributed by atoms with van der Waals surface area (Å²) < 4.78 is 128. The average molecular weight is 308 g/mol. The fourth-order valence-corrected chi connectivity index (χ4v) is 1.83. The van der Waals surface area contributed by atoms with Crippen LogP contribution in [0.15, 0.2) is 24.3 Å². The lowest BCUT2D eigenvalue weighted by molar-refractivity contribution is 0.414. The highest BCUT2D eigenvalue weighted by molar-refractivity contribution is 7.88. The van der Waals surface area contributed by atoms with Crippen molar-refractivity contribution in [3.05, 3.63) is 35.4 Å². The summed E-state index contributed by atoms with van der Waals surface area (Å²) >= 11 is 0. The molecule has 1 aromatic heterocycles. The number of aromatic nitrogens is 1. The highest BCUT2D eigenvalue weighted by Crippen LogP contribution is 2.21. The molecule has 0 saturated carbocycles. The van der Waals surface area contributed by atoms with Gasteiger partial charge in [0.15, 0.2) is 1.41 Å². The van der Waals surface area contributed by atoms with Crippen LogP contribution < -0.4 is 4.72 Å². The number of nitrogens with zero attached hydrogens (tertiary/aromatic N) is 1. The van der Waals surface area contributed by atoms with Gasteiger partial charge in [-0.15, -0.1) is 0 Å². The number of aromatic amines is 1. The molecule has 0 bridgehead atoms. The summed E-state index contributed by atoms with van der Waals surface area (Å²) in [6, 6.07) is -3.07.